The van der Waals surface area contributed by atoms with Gasteiger partial charge in [0.25, 0.3) is 0 Å². The van der Waals surface area contributed by atoms with Gasteiger partial charge in [0.1, 0.15) is 0 Å². The van der Waals surface area contributed by atoms with Crippen LogP contribution >= 0.6 is 0 Å². The summed E-state index contributed by atoms with van der Waals surface area (Å²) < 4.78 is 1.75. The van der Waals surface area contributed by atoms with E-state index in [9.17, 15) is 4.79 Å². The molecular weight excluding hydrogens is 228 g/mol. The van der Waals surface area contributed by atoms with E-state index in [1.54, 1.807) is 16.8 Å². The van der Waals surface area contributed by atoms with E-state index in [1.165, 1.54) is 0 Å². The maximum atomic E-state index is 11.3. The van der Waals surface area contributed by atoms with Crippen LogP contribution < -0.4 is 11.1 Å². The van der Waals surface area contributed by atoms with Gasteiger partial charge in [0, 0.05) is 25.4 Å². The van der Waals surface area contributed by atoms with Gasteiger partial charge in [0.15, 0.2) is 0 Å². The molecule has 5 nitrogen and oxygen atoms in total. The molecule has 18 heavy (non-hydrogen) atoms. The summed E-state index contributed by atoms with van der Waals surface area (Å²) in [6.07, 6.45) is 1.90. The summed E-state index contributed by atoms with van der Waals surface area (Å²) in [5, 5.41) is 7.50. The molecule has 0 aliphatic carbocycles. The van der Waals surface area contributed by atoms with E-state index in [-0.39, 0.29) is 0 Å². The molecular formula is C13H16N4O. The highest BCUT2D eigenvalue weighted by molar-refractivity contribution is 5.94. The largest absolute Gasteiger partial charge is 0.378 e. The minimum absolute atomic E-state index is 0.407. The van der Waals surface area contributed by atoms with Crippen LogP contribution in [0, 0.1) is 6.92 Å². The van der Waals surface area contributed by atoms with E-state index in [1.807, 2.05) is 32.3 Å². The highest BCUT2D eigenvalue weighted by atomic mass is 16.1. The maximum absolute atomic E-state index is 11.3. The zero-order valence-electron chi connectivity index (χ0n) is 10.5. The minimum Gasteiger partial charge on any atom is -0.378 e. The van der Waals surface area contributed by atoms with Crippen LogP contribution in [-0.4, -0.2) is 15.7 Å². The number of nitrogens with two attached hydrogens (primary N) is 1. The minimum atomic E-state index is -0.407. The second-order valence-electron chi connectivity index (χ2n) is 4.18. The lowest BCUT2D eigenvalue weighted by atomic mass is 10.1. The molecule has 3 N–H and O–H groups in total. The molecule has 0 bridgehead atoms. The number of aromatic nitrogens is 2. The Labute approximate surface area is 106 Å². The molecule has 94 valence electrons. The van der Waals surface area contributed by atoms with Crippen molar-refractivity contribution in [2.45, 2.75) is 13.5 Å². The molecule has 0 radical (unpaired) electrons. The Kier molecular flexibility index (Phi) is 3.32. The average Bonchev–Trinajstić information content (AvgIpc) is 2.65. The second-order valence-corrected chi connectivity index (χ2v) is 4.18. The van der Waals surface area contributed by atoms with Gasteiger partial charge in [0.05, 0.1) is 11.4 Å². The van der Waals surface area contributed by atoms with Crippen molar-refractivity contribution in [2.75, 3.05) is 5.32 Å². The number of amides is 1. The molecule has 0 atom stereocenters. The number of nitrogens with zero attached hydrogens (tertiary/aromatic N) is 2. The van der Waals surface area contributed by atoms with Crippen LogP contribution in [0.1, 0.15) is 21.6 Å². The standard InChI is InChI=1S/C13H16N4O/c1-9-12(8-17(2)16-9)15-7-10-5-3-4-6-11(10)13(14)18/h3-6,8,15H,7H2,1-2H3,(H2,14,18). The summed E-state index contributed by atoms with van der Waals surface area (Å²) >= 11 is 0. The molecule has 5 heteroatoms. The molecule has 0 spiro atoms. The third-order valence-corrected chi connectivity index (χ3v) is 2.77. The van der Waals surface area contributed by atoms with Gasteiger partial charge in [-0.3, -0.25) is 9.48 Å². The van der Waals surface area contributed by atoms with Crippen molar-refractivity contribution in [3.8, 4) is 0 Å². The van der Waals surface area contributed by atoms with Crippen molar-refractivity contribution in [1.82, 2.24) is 9.78 Å². The molecule has 1 aromatic carbocycles. The van der Waals surface area contributed by atoms with Gasteiger partial charge in [-0.05, 0) is 18.6 Å². The number of hydrogen-bond donors (Lipinski definition) is 2. The molecule has 0 aliphatic rings. The predicted molar refractivity (Wildman–Crippen MR) is 70.2 cm³/mol. The first kappa shape index (κ1) is 12.2. The fraction of sp³-hybridized carbons (Fsp3) is 0.231. The number of hydrogen-bond acceptors (Lipinski definition) is 3. The second kappa shape index (κ2) is 4.91. The summed E-state index contributed by atoms with van der Waals surface area (Å²) in [6.45, 7) is 2.48. The van der Waals surface area contributed by atoms with Crippen molar-refractivity contribution >= 4 is 11.6 Å². The topological polar surface area (TPSA) is 72.9 Å². The Morgan fingerprint density at radius 1 is 1.44 bits per heavy atom. The van der Waals surface area contributed by atoms with Gasteiger partial charge in [-0.15, -0.1) is 0 Å². The molecule has 0 unspecified atom stereocenters. The number of aryl methyl sites for hydroxylation is 2. The molecule has 0 fully saturated rings. The number of carbonyl (C=O) groups excluding carboxylic acids is 1. The van der Waals surface area contributed by atoms with Gasteiger partial charge in [-0.25, -0.2) is 0 Å². The summed E-state index contributed by atoms with van der Waals surface area (Å²) in [5.41, 5.74) is 8.65. The van der Waals surface area contributed by atoms with E-state index in [4.69, 9.17) is 5.73 Å². The van der Waals surface area contributed by atoms with Crippen LogP contribution in [-0.2, 0) is 13.6 Å². The molecule has 0 saturated heterocycles. The Hall–Kier alpha value is -2.30. The number of benzene rings is 1. The van der Waals surface area contributed by atoms with Gasteiger partial charge < -0.3 is 11.1 Å². The van der Waals surface area contributed by atoms with E-state index in [2.05, 4.69) is 10.4 Å². The Bertz CT molecular complexity index is 574. The summed E-state index contributed by atoms with van der Waals surface area (Å²) in [5.74, 6) is -0.407. The van der Waals surface area contributed by atoms with Crippen LogP contribution in [0.3, 0.4) is 0 Å². The first-order valence-electron chi connectivity index (χ1n) is 5.69. The highest BCUT2D eigenvalue weighted by Gasteiger charge is 2.08. The van der Waals surface area contributed by atoms with Crippen molar-refractivity contribution in [1.29, 1.82) is 0 Å². The van der Waals surface area contributed by atoms with Crippen LogP contribution in [0.2, 0.25) is 0 Å². The Morgan fingerprint density at radius 3 is 2.78 bits per heavy atom. The van der Waals surface area contributed by atoms with Crippen molar-refractivity contribution in [2.24, 2.45) is 12.8 Å². The molecule has 0 saturated carbocycles. The van der Waals surface area contributed by atoms with Crippen LogP contribution in [0.25, 0.3) is 0 Å². The van der Waals surface area contributed by atoms with Gasteiger partial charge in [-0.1, -0.05) is 18.2 Å². The smallest absolute Gasteiger partial charge is 0.249 e. The van der Waals surface area contributed by atoms with Gasteiger partial charge in [-0.2, -0.15) is 5.10 Å². The third-order valence-electron chi connectivity index (χ3n) is 2.77. The first-order chi connectivity index (χ1) is 8.58. The highest BCUT2D eigenvalue weighted by Crippen LogP contribution is 2.15. The summed E-state index contributed by atoms with van der Waals surface area (Å²) in [7, 11) is 1.87. The van der Waals surface area contributed by atoms with Gasteiger partial charge in [0.2, 0.25) is 5.91 Å². The van der Waals surface area contributed by atoms with E-state index in [0.29, 0.717) is 12.1 Å². The Balaban J connectivity index is 2.15. The third kappa shape index (κ3) is 2.51. The van der Waals surface area contributed by atoms with Crippen LogP contribution in [0.15, 0.2) is 30.5 Å². The molecule has 1 aromatic heterocycles. The fourth-order valence-corrected chi connectivity index (χ4v) is 1.88. The molecule has 2 aromatic rings. The maximum Gasteiger partial charge on any atom is 0.249 e. The summed E-state index contributed by atoms with van der Waals surface area (Å²) in [4.78, 5) is 11.3. The molecule has 2 rings (SSSR count). The Morgan fingerprint density at radius 2 is 2.17 bits per heavy atom. The van der Waals surface area contributed by atoms with E-state index >= 15 is 0 Å². The monoisotopic (exact) mass is 244 g/mol. The summed E-state index contributed by atoms with van der Waals surface area (Å²) in [6, 6.07) is 7.31. The number of primary amides is 1. The zero-order valence-corrected chi connectivity index (χ0v) is 10.5. The SMILES string of the molecule is Cc1nn(C)cc1NCc1ccccc1C(N)=O. The van der Waals surface area contributed by atoms with E-state index in [0.717, 1.165) is 16.9 Å². The molecule has 0 aliphatic heterocycles. The zero-order chi connectivity index (χ0) is 13.1. The lowest BCUT2D eigenvalue weighted by Gasteiger charge is -2.08. The van der Waals surface area contributed by atoms with Crippen molar-refractivity contribution in [3.05, 3.63) is 47.3 Å². The number of rotatable bonds is 4. The normalized spacial score (nSPS) is 10.3. The van der Waals surface area contributed by atoms with Crippen LogP contribution in [0.4, 0.5) is 5.69 Å². The molecule has 1 amide bonds. The lowest BCUT2D eigenvalue weighted by molar-refractivity contribution is 0.0999. The van der Waals surface area contributed by atoms with Crippen LogP contribution in [0.5, 0.6) is 0 Å². The number of carbonyl (C=O) groups is 1. The van der Waals surface area contributed by atoms with Gasteiger partial charge >= 0.3 is 0 Å². The quantitative estimate of drug-likeness (QED) is 0.854. The van der Waals surface area contributed by atoms with E-state index < -0.39 is 5.91 Å². The predicted octanol–water partition coefficient (Wildman–Crippen LogP) is 1.44. The number of anilines is 1. The first-order valence-corrected chi connectivity index (χ1v) is 5.69. The fourth-order valence-electron chi connectivity index (χ4n) is 1.88. The lowest BCUT2D eigenvalue weighted by Crippen LogP contribution is -2.15. The average molecular weight is 244 g/mol. The molecule has 1 heterocycles. The number of nitrogens with one attached hydrogen (secondary N) is 1. The van der Waals surface area contributed by atoms with Crippen molar-refractivity contribution < 1.29 is 4.79 Å². The van der Waals surface area contributed by atoms with Crippen molar-refractivity contribution in [3.63, 3.8) is 0 Å².